The molecule has 18 heteroatoms. The fourth-order valence-electron chi connectivity index (χ4n) is 4.55. The zero-order valence-electron chi connectivity index (χ0n) is 22.1. The molecule has 0 radical (unpaired) electrons. The van der Waals surface area contributed by atoms with Crippen molar-refractivity contribution >= 4 is 69.9 Å². The molecule has 3 unspecified atom stereocenters. The van der Waals surface area contributed by atoms with Crippen LogP contribution in [0.4, 0.5) is 5.13 Å². The van der Waals surface area contributed by atoms with Crippen LogP contribution in [0.5, 0.6) is 0 Å². The second-order valence-electron chi connectivity index (χ2n) is 9.67. The minimum atomic E-state index is -1.24. The number of hydrogen-bond donors (Lipinski definition) is 3. The zero-order chi connectivity index (χ0) is 29.7. The quantitative estimate of drug-likeness (QED) is 0.0708. The summed E-state index contributed by atoms with van der Waals surface area (Å²) in [6, 6.07) is -0.882. The number of fused-ring (bicyclic) bond motifs is 1. The van der Waals surface area contributed by atoms with E-state index in [1.807, 2.05) is 12.2 Å². The maximum Gasteiger partial charge on any atom is 0.313 e. The van der Waals surface area contributed by atoms with E-state index in [1.54, 1.807) is 11.5 Å². The van der Waals surface area contributed by atoms with Gasteiger partial charge in [-0.1, -0.05) is 29.1 Å². The normalized spacial score (nSPS) is 25.2. The predicted molar refractivity (Wildman–Crippen MR) is 155 cm³/mol. The number of thiazole rings is 1. The molecule has 3 N–H and O–H groups in total. The lowest BCUT2D eigenvalue weighted by atomic mass is 9.89. The summed E-state index contributed by atoms with van der Waals surface area (Å²) < 4.78 is 1.51. The van der Waals surface area contributed by atoms with Gasteiger partial charge < -0.3 is 25.5 Å². The maximum atomic E-state index is 13.4. The molecular weight excluding hydrogens is 607 g/mol. The molecule has 2 aromatic rings. The molecule has 0 bridgehead atoms. The second kappa shape index (κ2) is 13.0. The van der Waals surface area contributed by atoms with Gasteiger partial charge in [0.1, 0.15) is 28.6 Å². The Morgan fingerprint density at radius 1 is 1.40 bits per heavy atom. The number of thioether (sulfide) groups is 2. The fourth-order valence-corrected chi connectivity index (χ4v) is 7.95. The Hall–Kier alpha value is -3.77. The monoisotopic (exact) mass is 633 g/mol. The first kappa shape index (κ1) is 29.7. The summed E-state index contributed by atoms with van der Waals surface area (Å²) in [6.07, 6.45) is 8.28. The molecule has 5 rings (SSSR count). The van der Waals surface area contributed by atoms with E-state index in [1.165, 1.54) is 33.1 Å². The van der Waals surface area contributed by atoms with Crippen LogP contribution in [0.3, 0.4) is 0 Å². The first-order chi connectivity index (χ1) is 20.3. The molecule has 0 spiro atoms. The number of tetrazole rings is 1. The molecule has 0 saturated carbocycles. The van der Waals surface area contributed by atoms with Crippen molar-refractivity contribution in [1.82, 2.24) is 35.4 Å². The Morgan fingerprint density at radius 2 is 2.26 bits per heavy atom. The molecule has 2 fully saturated rings. The number of nitrogens with zero attached hydrogens (tertiary/aromatic N) is 7. The molecule has 2 aliphatic heterocycles. The summed E-state index contributed by atoms with van der Waals surface area (Å²) in [7, 11) is 0. The second-order valence-corrected chi connectivity index (χ2v) is 12.6. The van der Waals surface area contributed by atoms with Crippen molar-refractivity contribution in [3.05, 3.63) is 35.9 Å². The van der Waals surface area contributed by atoms with E-state index in [2.05, 4.69) is 42.9 Å². The third-order valence-corrected chi connectivity index (χ3v) is 10.4. The highest BCUT2D eigenvalue weighted by molar-refractivity contribution is 8.00. The van der Waals surface area contributed by atoms with E-state index in [9.17, 15) is 24.3 Å². The average molecular weight is 634 g/mol. The Labute approximate surface area is 252 Å². The summed E-state index contributed by atoms with van der Waals surface area (Å²) in [5.74, 6) is -1.74. The summed E-state index contributed by atoms with van der Waals surface area (Å²) >= 11 is 3.60. The minimum absolute atomic E-state index is 0.0217. The van der Waals surface area contributed by atoms with Gasteiger partial charge in [0.15, 0.2) is 10.8 Å². The standard InChI is InChI=1S/C24H27N9O6S3/c1-2-8-33-23(28-30-31-33)42-12-24(21(37)38)10-32-19(36)17(20(32)41-11-24)27-18(35)16(15-9-40-22(26-15)25-13-34)29-39-14-6-4-3-5-7-14/h2,4,6,9,13-14,17,20H,1,3,5,7-8,10-12H2,(H,27,35)(H,37,38)(H,25,26,34)/t14?,17?,20-,24?/m1/s1. The number of aliphatic carboxylic acids is 1. The number of carboxylic acids is 1. The van der Waals surface area contributed by atoms with Crippen LogP contribution in [0.2, 0.25) is 0 Å². The molecule has 4 heterocycles. The highest BCUT2D eigenvalue weighted by atomic mass is 32.2. The van der Waals surface area contributed by atoms with Gasteiger partial charge in [-0.2, -0.15) is 0 Å². The van der Waals surface area contributed by atoms with E-state index in [0.717, 1.165) is 30.6 Å². The lowest BCUT2D eigenvalue weighted by Crippen LogP contribution is -2.74. The van der Waals surface area contributed by atoms with E-state index in [0.29, 0.717) is 18.1 Å². The maximum absolute atomic E-state index is 13.4. The van der Waals surface area contributed by atoms with Crippen LogP contribution >= 0.6 is 34.9 Å². The number of oxime groups is 1. The summed E-state index contributed by atoms with van der Waals surface area (Å²) in [4.78, 5) is 61.1. The molecule has 4 atom stereocenters. The number of anilines is 1. The van der Waals surface area contributed by atoms with Crippen molar-refractivity contribution in [3.8, 4) is 0 Å². The van der Waals surface area contributed by atoms with E-state index in [4.69, 9.17) is 4.84 Å². The van der Waals surface area contributed by atoms with Crippen molar-refractivity contribution in [1.29, 1.82) is 0 Å². The van der Waals surface area contributed by atoms with Gasteiger partial charge in [0.2, 0.25) is 17.5 Å². The molecule has 42 heavy (non-hydrogen) atoms. The van der Waals surface area contributed by atoms with Crippen LogP contribution in [-0.4, -0.2) is 101 Å². The molecule has 2 saturated heterocycles. The van der Waals surface area contributed by atoms with Gasteiger partial charge in [-0.15, -0.1) is 34.8 Å². The number of carboxylic acid groups (broad SMARTS) is 1. The van der Waals surface area contributed by atoms with Crippen LogP contribution in [0.15, 0.2) is 40.5 Å². The SMILES string of the molecule is C=CCn1nnnc1SCC1(C(=O)O)CS[C@@H]2C(NC(=O)C(=NOC3C=CCCC3)c3csc(NC=O)n3)C(=O)N2C1. The lowest BCUT2D eigenvalue weighted by molar-refractivity contribution is -0.157. The van der Waals surface area contributed by atoms with Crippen molar-refractivity contribution in [2.24, 2.45) is 10.6 Å². The minimum Gasteiger partial charge on any atom is -0.481 e. The summed E-state index contributed by atoms with van der Waals surface area (Å²) in [5, 5.41) is 32.7. The fraction of sp³-hybridized carbons (Fsp3) is 0.458. The number of β-lactam (4-membered cyclic amide) rings is 1. The number of aromatic nitrogens is 5. The molecule has 1 aliphatic carbocycles. The molecule has 222 valence electrons. The third-order valence-electron chi connectivity index (χ3n) is 6.80. The van der Waals surface area contributed by atoms with Crippen molar-refractivity contribution < 1.29 is 29.1 Å². The van der Waals surface area contributed by atoms with Crippen LogP contribution in [-0.2, 0) is 30.6 Å². The van der Waals surface area contributed by atoms with Gasteiger partial charge in [-0.25, -0.2) is 9.67 Å². The van der Waals surface area contributed by atoms with E-state index >= 15 is 0 Å². The molecule has 15 nitrogen and oxygen atoms in total. The molecule has 3 aliphatic rings. The first-order valence-electron chi connectivity index (χ1n) is 12.9. The van der Waals surface area contributed by atoms with Gasteiger partial charge in [0.25, 0.3) is 5.91 Å². The average Bonchev–Trinajstić information content (AvgIpc) is 3.65. The Balaban J connectivity index is 1.26. The smallest absolute Gasteiger partial charge is 0.313 e. The van der Waals surface area contributed by atoms with Crippen molar-refractivity contribution in [3.63, 3.8) is 0 Å². The van der Waals surface area contributed by atoms with Gasteiger partial charge in [-0.3, -0.25) is 19.2 Å². The molecule has 0 aromatic carbocycles. The number of allylic oxidation sites excluding steroid dienone is 2. The van der Waals surface area contributed by atoms with Crippen molar-refractivity contribution in [2.45, 2.75) is 48.5 Å². The van der Waals surface area contributed by atoms with Crippen LogP contribution in [0.25, 0.3) is 0 Å². The third kappa shape index (κ3) is 6.19. The Kier molecular flexibility index (Phi) is 9.22. The molecule has 2 aromatic heterocycles. The predicted octanol–water partition coefficient (Wildman–Crippen LogP) is 0.977. The van der Waals surface area contributed by atoms with Gasteiger partial charge in [0.05, 0.1) is 6.54 Å². The number of rotatable bonds is 13. The van der Waals surface area contributed by atoms with Gasteiger partial charge in [0, 0.05) is 23.4 Å². The van der Waals surface area contributed by atoms with Crippen LogP contribution in [0.1, 0.15) is 25.0 Å². The Bertz CT molecular complexity index is 1430. The Morgan fingerprint density at radius 3 is 3.00 bits per heavy atom. The highest BCUT2D eigenvalue weighted by Gasteiger charge is 2.57. The van der Waals surface area contributed by atoms with Crippen LogP contribution in [0, 0.1) is 5.41 Å². The molecule has 3 amide bonds. The first-order valence-corrected chi connectivity index (χ1v) is 15.8. The van der Waals surface area contributed by atoms with Gasteiger partial charge in [-0.05, 0) is 35.8 Å². The molecular formula is C24H27N9O6S3. The lowest BCUT2D eigenvalue weighted by Gasteiger charge is -2.53. The number of carbonyl (C=O) groups excluding carboxylic acids is 3. The zero-order valence-corrected chi connectivity index (χ0v) is 24.6. The summed E-state index contributed by atoms with van der Waals surface area (Å²) in [5.41, 5.74) is -1.19. The largest absolute Gasteiger partial charge is 0.481 e. The topological polar surface area (TPSA) is 194 Å². The highest BCUT2D eigenvalue weighted by Crippen LogP contribution is 2.44. The number of nitrogens with one attached hydrogen (secondary N) is 2. The van der Waals surface area contributed by atoms with E-state index < -0.39 is 34.6 Å². The van der Waals surface area contributed by atoms with Crippen LogP contribution < -0.4 is 10.6 Å². The van der Waals surface area contributed by atoms with Crippen molar-refractivity contribution in [2.75, 3.05) is 23.4 Å². The number of hydrogen-bond acceptors (Lipinski definition) is 13. The number of carbonyl (C=O) groups is 4. The van der Waals surface area contributed by atoms with Gasteiger partial charge >= 0.3 is 5.97 Å². The van der Waals surface area contributed by atoms with E-state index in [-0.39, 0.29) is 40.7 Å². The number of amides is 3. The summed E-state index contributed by atoms with van der Waals surface area (Å²) in [6.45, 7) is 4.02.